The van der Waals surface area contributed by atoms with Gasteiger partial charge in [0.2, 0.25) is 11.1 Å². The summed E-state index contributed by atoms with van der Waals surface area (Å²) in [6.07, 6.45) is 0.539. The van der Waals surface area contributed by atoms with Crippen molar-refractivity contribution in [2.75, 3.05) is 6.54 Å². The highest BCUT2D eigenvalue weighted by Gasteiger charge is 2.35. The van der Waals surface area contributed by atoms with Crippen LogP contribution in [0.4, 0.5) is 4.39 Å². The molecule has 1 N–H and O–H groups in total. The molecule has 7 heteroatoms. The summed E-state index contributed by atoms with van der Waals surface area (Å²) >= 11 is 5.92. The molecule has 1 aliphatic rings. The smallest absolute Gasteiger partial charge is 0.229 e. The van der Waals surface area contributed by atoms with Crippen LogP contribution in [-0.2, 0) is 11.2 Å². The van der Waals surface area contributed by atoms with Crippen molar-refractivity contribution in [2.45, 2.75) is 38.3 Å². The summed E-state index contributed by atoms with van der Waals surface area (Å²) in [6.45, 7) is 2.05. The van der Waals surface area contributed by atoms with Gasteiger partial charge in [0.05, 0.1) is 17.8 Å². The SMILES string of the molecule is Cc1noc(Cl)c1CCC(=O)N1CC(O)CC1c1ccc(F)cc1. The maximum Gasteiger partial charge on any atom is 0.229 e. The van der Waals surface area contributed by atoms with Crippen LogP contribution in [0.1, 0.15) is 35.7 Å². The van der Waals surface area contributed by atoms with Crippen molar-refractivity contribution >= 4 is 17.5 Å². The maximum atomic E-state index is 13.1. The Morgan fingerprint density at radius 1 is 1.46 bits per heavy atom. The highest BCUT2D eigenvalue weighted by molar-refractivity contribution is 6.29. The zero-order valence-electron chi connectivity index (χ0n) is 13.2. The Kier molecular flexibility index (Phi) is 4.87. The molecular weight excluding hydrogens is 335 g/mol. The number of hydrogen-bond donors (Lipinski definition) is 1. The fourth-order valence-electron chi connectivity index (χ4n) is 3.11. The predicted molar refractivity (Wildman–Crippen MR) is 86.0 cm³/mol. The summed E-state index contributed by atoms with van der Waals surface area (Å²) in [5.41, 5.74) is 2.22. The summed E-state index contributed by atoms with van der Waals surface area (Å²) in [7, 11) is 0. The van der Waals surface area contributed by atoms with Crippen LogP contribution in [0.5, 0.6) is 0 Å². The molecule has 2 aromatic rings. The third-order valence-electron chi connectivity index (χ3n) is 4.38. The highest BCUT2D eigenvalue weighted by atomic mass is 35.5. The van der Waals surface area contributed by atoms with Crippen LogP contribution in [-0.4, -0.2) is 33.7 Å². The number of β-amino-alcohol motifs (C(OH)–C–C–N with tert-alkyl or cyclic N) is 1. The molecule has 0 aliphatic carbocycles. The highest BCUT2D eigenvalue weighted by Crippen LogP contribution is 2.33. The molecule has 1 aromatic heterocycles. The molecule has 128 valence electrons. The number of rotatable bonds is 4. The summed E-state index contributed by atoms with van der Waals surface area (Å²) < 4.78 is 18.0. The largest absolute Gasteiger partial charge is 0.391 e. The van der Waals surface area contributed by atoms with Gasteiger partial charge in [-0.05, 0) is 49.1 Å². The van der Waals surface area contributed by atoms with Gasteiger partial charge in [-0.15, -0.1) is 0 Å². The minimum absolute atomic E-state index is 0.0856. The van der Waals surface area contributed by atoms with Gasteiger partial charge in [-0.3, -0.25) is 4.79 Å². The normalized spacial score (nSPS) is 20.6. The van der Waals surface area contributed by atoms with Gasteiger partial charge in [-0.2, -0.15) is 0 Å². The molecule has 1 fully saturated rings. The van der Waals surface area contributed by atoms with Crippen LogP contribution < -0.4 is 0 Å². The predicted octanol–water partition coefficient (Wildman–Crippen LogP) is 3.04. The first-order valence-corrected chi connectivity index (χ1v) is 8.17. The van der Waals surface area contributed by atoms with Crippen molar-refractivity contribution < 1.29 is 18.8 Å². The molecule has 2 heterocycles. The van der Waals surface area contributed by atoms with Crippen LogP contribution >= 0.6 is 11.6 Å². The van der Waals surface area contributed by atoms with Gasteiger partial charge in [-0.25, -0.2) is 4.39 Å². The summed E-state index contributed by atoms with van der Waals surface area (Å²) in [4.78, 5) is 14.3. The monoisotopic (exact) mass is 352 g/mol. The minimum Gasteiger partial charge on any atom is -0.391 e. The van der Waals surface area contributed by atoms with Gasteiger partial charge in [0, 0.05) is 18.5 Å². The van der Waals surface area contributed by atoms with E-state index in [1.54, 1.807) is 24.0 Å². The Morgan fingerprint density at radius 3 is 2.79 bits per heavy atom. The molecule has 0 saturated carbocycles. The Balaban J connectivity index is 1.71. The van der Waals surface area contributed by atoms with Crippen LogP contribution in [0.3, 0.4) is 0 Å². The molecule has 24 heavy (non-hydrogen) atoms. The van der Waals surface area contributed by atoms with Crippen molar-refractivity contribution in [3.8, 4) is 0 Å². The fraction of sp³-hybridized carbons (Fsp3) is 0.412. The average Bonchev–Trinajstić information content (AvgIpc) is 3.09. The molecule has 0 radical (unpaired) electrons. The third-order valence-corrected chi connectivity index (χ3v) is 4.68. The fourth-order valence-corrected chi connectivity index (χ4v) is 3.37. The van der Waals surface area contributed by atoms with E-state index in [1.165, 1.54) is 12.1 Å². The lowest BCUT2D eigenvalue weighted by Crippen LogP contribution is -2.32. The van der Waals surface area contributed by atoms with Crippen molar-refractivity contribution in [1.29, 1.82) is 0 Å². The number of aromatic nitrogens is 1. The first-order valence-electron chi connectivity index (χ1n) is 7.79. The van der Waals surface area contributed by atoms with E-state index in [0.29, 0.717) is 18.5 Å². The zero-order valence-corrected chi connectivity index (χ0v) is 14.0. The second kappa shape index (κ2) is 6.91. The molecule has 1 saturated heterocycles. The number of amides is 1. The van der Waals surface area contributed by atoms with E-state index >= 15 is 0 Å². The number of hydrogen-bond acceptors (Lipinski definition) is 4. The summed E-state index contributed by atoms with van der Waals surface area (Å²) in [5, 5.41) is 13.9. The lowest BCUT2D eigenvalue weighted by atomic mass is 10.0. The van der Waals surface area contributed by atoms with Crippen LogP contribution in [0, 0.1) is 12.7 Å². The lowest BCUT2D eigenvalue weighted by Gasteiger charge is -2.25. The van der Waals surface area contributed by atoms with Gasteiger partial charge in [-0.1, -0.05) is 17.3 Å². The van der Waals surface area contributed by atoms with E-state index < -0.39 is 6.10 Å². The van der Waals surface area contributed by atoms with Crippen molar-refractivity contribution in [3.05, 3.63) is 52.1 Å². The van der Waals surface area contributed by atoms with Crippen LogP contribution in [0.25, 0.3) is 0 Å². The maximum absolute atomic E-state index is 13.1. The molecule has 2 atom stereocenters. The molecule has 2 unspecified atom stereocenters. The van der Waals surface area contributed by atoms with Gasteiger partial charge in [0.15, 0.2) is 0 Å². The van der Waals surface area contributed by atoms with Crippen molar-refractivity contribution in [1.82, 2.24) is 10.1 Å². The minimum atomic E-state index is -0.579. The van der Waals surface area contributed by atoms with Crippen LogP contribution in [0.2, 0.25) is 5.22 Å². The first kappa shape index (κ1) is 16.9. The summed E-state index contributed by atoms with van der Waals surface area (Å²) in [6, 6.07) is 5.79. The quantitative estimate of drug-likeness (QED) is 0.918. The Labute approximate surface area is 144 Å². The first-order chi connectivity index (χ1) is 11.5. The molecule has 1 aliphatic heterocycles. The third kappa shape index (κ3) is 3.44. The summed E-state index contributed by atoms with van der Waals surface area (Å²) in [5.74, 6) is -0.412. The number of carbonyl (C=O) groups excluding carboxylic acids is 1. The topological polar surface area (TPSA) is 66.6 Å². The van der Waals surface area contributed by atoms with E-state index in [1.807, 2.05) is 0 Å². The number of likely N-dealkylation sites (tertiary alicyclic amines) is 1. The standard InChI is InChI=1S/C17H18ClFN2O3/c1-10-14(17(18)24-20-10)6-7-16(23)21-9-13(22)8-15(21)11-2-4-12(19)5-3-11/h2-5,13,15,22H,6-9H2,1H3. The van der Waals surface area contributed by atoms with E-state index in [-0.39, 0.29) is 36.0 Å². The van der Waals surface area contributed by atoms with E-state index in [9.17, 15) is 14.3 Å². The Hall–Kier alpha value is -1.92. The molecule has 1 aromatic carbocycles. The van der Waals surface area contributed by atoms with E-state index in [4.69, 9.17) is 16.1 Å². The lowest BCUT2D eigenvalue weighted by molar-refractivity contribution is -0.132. The van der Waals surface area contributed by atoms with Crippen LogP contribution in [0.15, 0.2) is 28.8 Å². The van der Waals surface area contributed by atoms with Gasteiger partial charge >= 0.3 is 0 Å². The molecular formula is C17H18ClFN2O3. The molecule has 3 rings (SSSR count). The molecule has 5 nitrogen and oxygen atoms in total. The van der Waals surface area contributed by atoms with Gasteiger partial charge < -0.3 is 14.5 Å². The molecule has 0 bridgehead atoms. The number of aryl methyl sites for hydroxylation is 1. The van der Waals surface area contributed by atoms with Crippen molar-refractivity contribution in [2.24, 2.45) is 0 Å². The average molecular weight is 353 g/mol. The van der Waals surface area contributed by atoms with E-state index in [2.05, 4.69) is 5.16 Å². The Morgan fingerprint density at radius 2 is 2.17 bits per heavy atom. The second-order valence-electron chi connectivity index (χ2n) is 6.02. The van der Waals surface area contributed by atoms with Gasteiger partial charge in [0.25, 0.3) is 0 Å². The Bertz CT molecular complexity index is 712. The van der Waals surface area contributed by atoms with Crippen molar-refractivity contribution in [3.63, 3.8) is 0 Å². The number of nitrogens with zero attached hydrogens (tertiary/aromatic N) is 2. The van der Waals surface area contributed by atoms with E-state index in [0.717, 1.165) is 11.1 Å². The number of aliphatic hydroxyl groups excluding tert-OH is 1. The molecule has 1 amide bonds. The number of benzene rings is 1. The number of carbonyl (C=O) groups is 1. The number of aliphatic hydroxyl groups is 1. The molecule has 0 spiro atoms. The number of halogens is 2. The second-order valence-corrected chi connectivity index (χ2v) is 6.37. The van der Waals surface area contributed by atoms with Gasteiger partial charge in [0.1, 0.15) is 5.82 Å². The zero-order chi connectivity index (χ0) is 17.3.